The number of para-hydroxylation sites is 1. The number of nitrogens with zero attached hydrogens (tertiary/aromatic N) is 1. The van der Waals surface area contributed by atoms with Gasteiger partial charge in [0, 0.05) is 17.9 Å². The lowest BCUT2D eigenvalue weighted by molar-refractivity contribution is -0.384. The summed E-state index contributed by atoms with van der Waals surface area (Å²) in [6.45, 7) is 1.85. The van der Waals surface area contributed by atoms with Gasteiger partial charge in [-0.2, -0.15) is 11.8 Å². The number of anilines is 1. The van der Waals surface area contributed by atoms with Gasteiger partial charge in [-0.15, -0.1) is 0 Å². The standard InChI is InChI=1S/C11H14N2O4S/c1-7(6-18-2)12-10-8(11(14)15)4-3-5-9(10)13(16)17/h3-5,7,12H,6H2,1-2H3,(H,14,15). The first kappa shape index (κ1) is 14.3. The van der Waals surface area contributed by atoms with E-state index in [4.69, 9.17) is 5.11 Å². The number of hydrogen-bond donors (Lipinski definition) is 2. The zero-order chi connectivity index (χ0) is 13.7. The van der Waals surface area contributed by atoms with E-state index in [2.05, 4.69) is 5.32 Å². The summed E-state index contributed by atoms with van der Waals surface area (Å²) in [6.07, 6.45) is 1.91. The summed E-state index contributed by atoms with van der Waals surface area (Å²) in [4.78, 5) is 21.4. The largest absolute Gasteiger partial charge is 0.478 e. The minimum absolute atomic E-state index is 0.0563. The molecule has 98 valence electrons. The summed E-state index contributed by atoms with van der Waals surface area (Å²) in [7, 11) is 0. The highest BCUT2D eigenvalue weighted by molar-refractivity contribution is 7.98. The van der Waals surface area contributed by atoms with E-state index in [1.54, 1.807) is 11.8 Å². The smallest absolute Gasteiger partial charge is 0.338 e. The Morgan fingerprint density at radius 2 is 2.28 bits per heavy atom. The van der Waals surface area contributed by atoms with Gasteiger partial charge in [0.25, 0.3) is 5.69 Å². The Morgan fingerprint density at radius 3 is 2.78 bits per heavy atom. The van der Waals surface area contributed by atoms with Crippen molar-refractivity contribution in [3.63, 3.8) is 0 Å². The number of nitro benzene ring substituents is 1. The third-order valence-corrected chi connectivity index (χ3v) is 3.11. The van der Waals surface area contributed by atoms with Crippen molar-refractivity contribution in [2.24, 2.45) is 0 Å². The summed E-state index contributed by atoms with van der Waals surface area (Å²) in [5, 5.41) is 22.8. The molecular weight excluding hydrogens is 256 g/mol. The molecule has 0 aliphatic heterocycles. The lowest BCUT2D eigenvalue weighted by Crippen LogP contribution is -2.20. The molecule has 0 radical (unpaired) electrons. The molecule has 0 saturated heterocycles. The predicted molar refractivity (Wildman–Crippen MR) is 71.5 cm³/mol. The van der Waals surface area contributed by atoms with Gasteiger partial charge in [-0.05, 0) is 19.2 Å². The van der Waals surface area contributed by atoms with Crippen LogP contribution in [0.25, 0.3) is 0 Å². The minimum atomic E-state index is -1.18. The van der Waals surface area contributed by atoms with Gasteiger partial charge in [0.15, 0.2) is 0 Å². The topological polar surface area (TPSA) is 92.5 Å². The van der Waals surface area contributed by atoms with Crippen LogP contribution in [-0.4, -0.2) is 34.0 Å². The molecule has 1 aromatic carbocycles. The third-order valence-electron chi connectivity index (χ3n) is 2.28. The Balaban J connectivity index is 3.18. The maximum atomic E-state index is 11.1. The van der Waals surface area contributed by atoms with Crippen LogP contribution in [0.3, 0.4) is 0 Å². The van der Waals surface area contributed by atoms with Gasteiger partial charge >= 0.3 is 5.97 Å². The van der Waals surface area contributed by atoms with Gasteiger partial charge in [0.05, 0.1) is 10.5 Å². The van der Waals surface area contributed by atoms with E-state index in [0.717, 1.165) is 5.75 Å². The second-order valence-electron chi connectivity index (χ2n) is 3.76. The van der Waals surface area contributed by atoms with Crippen LogP contribution < -0.4 is 5.32 Å². The fourth-order valence-electron chi connectivity index (χ4n) is 1.56. The first-order chi connectivity index (χ1) is 8.47. The highest BCUT2D eigenvalue weighted by Crippen LogP contribution is 2.29. The predicted octanol–water partition coefficient (Wildman–Crippen LogP) is 2.46. The molecule has 6 nitrogen and oxygen atoms in total. The average Bonchev–Trinajstić information content (AvgIpc) is 2.28. The molecule has 0 fully saturated rings. The molecule has 7 heteroatoms. The zero-order valence-electron chi connectivity index (χ0n) is 10.0. The number of carboxylic acids is 1. The highest BCUT2D eigenvalue weighted by atomic mass is 32.2. The molecule has 0 amide bonds. The Kier molecular flexibility index (Phi) is 4.96. The van der Waals surface area contributed by atoms with Crippen LogP contribution in [0.15, 0.2) is 18.2 Å². The van der Waals surface area contributed by atoms with E-state index in [0.29, 0.717) is 0 Å². The Bertz CT molecular complexity index is 432. The molecule has 0 aliphatic carbocycles. The summed E-state index contributed by atoms with van der Waals surface area (Å²) < 4.78 is 0. The normalized spacial score (nSPS) is 11.9. The number of rotatable bonds is 6. The summed E-state index contributed by atoms with van der Waals surface area (Å²) in [6, 6.07) is 3.95. The zero-order valence-corrected chi connectivity index (χ0v) is 10.9. The van der Waals surface area contributed by atoms with Crippen LogP contribution >= 0.6 is 11.8 Å². The molecule has 1 aromatic rings. The van der Waals surface area contributed by atoms with Gasteiger partial charge in [0.2, 0.25) is 0 Å². The summed E-state index contributed by atoms with van der Waals surface area (Å²) in [5.41, 5.74) is -0.239. The van der Waals surface area contributed by atoms with E-state index in [9.17, 15) is 14.9 Å². The molecule has 0 saturated carbocycles. The monoisotopic (exact) mass is 270 g/mol. The molecular formula is C11H14N2O4S. The molecule has 1 atom stereocenters. The van der Waals surface area contributed by atoms with Crippen LogP contribution in [0.4, 0.5) is 11.4 Å². The maximum absolute atomic E-state index is 11.1. The van der Waals surface area contributed by atoms with Crippen LogP contribution in [0.1, 0.15) is 17.3 Å². The first-order valence-electron chi connectivity index (χ1n) is 5.23. The van der Waals surface area contributed by atoms with Gasteiger partial charge in [-0.25, -0.2) is 4.79 Å². The van der Waals surface area contributed by atoms with Gasteiger partial charge in [-0.1, -0.05) is 6.07 Å². The number of thioether (sulfide) groups is 1. The molecule has 2 N–H and O–H groups in total. The Labute approximate surface area is 109 Å². The lowest BCUT2D eigenvalue weighted by Gasteiger charge is -2.15. The van der Waals surface area contributed by atoms with Gasteiger partial charge in [0.1, 0.15) is 5.69 Å². The molecule has 0 spiro atoms. The van der Waals surface area contributed by atoms with Crippen molar-refractivity contribution < 1.29 is 14.8 Å². The SMILES string of the molecule is CSCC(C)Nc1c(C(=O)O)cccc1[N+](=O)[O-]. The summed E-state index contributed by atoms with van der Waals surface area (Å²) >= 11 is 1.58. The number of hydrogen-bond acceptors (Lipinski definition) is 5. The minimum Gasteiger partial charge on any atom is -0.478 e. The Hall–Kier alpha value is -1.76. The Morgan fingerprint density at radius 1 is 1.61 bits per heavy atom. The van der Waals surface area contributed by atoms with Gasteiger partial charge < -0.3 is 10.4 Å². The number of carboxylic acid groups (broad SMARTS) is 1. The van der Waals surface area contributed by atoms with E-state index in [1.165, 1.54) is 18.2 Å². The van der Waals surface area contributed by atoms with Crippen LogP contribution in [0.2, 0.25) is 0 Å². The first-order valence-corrected chi connectivity index (χ1v) is 6.63. The number of nitro groups is 1. The fourth-order valence-corrected chi connectivity index (χ4v) is 2.14. The van der Waals surface area contributed by atoms with Crippen molar-refractivity contribution in [2.75, 3.05) is 17.3 Å². The van der Waals surface area contributed by atoms with E-state index in [-0.39, 0.29) is 23.0 Å². The van der Waals surface area contributed by atoms with Crippen molar-refractivity contribution in [1.29, 1.82) is 0 Å². The average molecular weight is 270 g/mol. The summed E-state index contributed by atoms with van der Waals surface area (Å²) in [5.74, 6) is -0.456. The molecule has 18 heavy (non-hydrogen) atoms. The van der Waals surface area contributed by atoms with Crippen LogP contribution in [0, 0.1) is 10.1 Å². The molecule has 0 bridgehead atoms. The lowest BCUT2D eigenvalue weighted by atomic mass is 10.1. The van der Waals surface area contributed by atoms with Crippen molar-refractivity contribution >= 4 is 29.1 Å². The molecule has 1 unspecified atom stereocenters. The van der Waals surface area contributed by atoms with E-state index in [1.807, 2.05) is 13.2 Å². The highest BCUT2D eigenvalue weighted by Gasteiger charge is 2.22. The van der Waals surface area contributed by atoms with Crippen LogP contribution in [0.5, 0.6) is 0 Å². The third kappa shape index (κ3) is 3.36. The molecule has 0 aliphatic rings. The molecule has 1 rings (SSSR count). The van der Waals surface area contributed by atoms with Crippen LogP contribution in [-0.2, 0) is 0 Å². The second kappa shape index (κ2) is 6.25. The van der Waals surface area contributed by atoms with Crippen molar-refractivity contribution in [3.05, 3.63) is 33.9 Å². The fraction of sp³-hybridized carbons (Fsp3) is 0.364. The number of aromatic carboxylic acids is 1. The van der Waals surface area contributed by atoms with Crippen molar-refractivity contribution in [1.82, 2.24) is 0 Å². The van der Waals surface area contributed by atoms with Crippen molar-refractivity contribution in [3.8, 4) is 0 Å². The number of carbonyl (C=O) groups is 1. The van der Waals surface area contributed by atoms with Gasteiger partial charge in [-0.3, -0.25) is 10.1 Å². The molecule has 0 aromatic heterocycles. The number of benzene rings is 1. The second-order valence-corrected chi connectivity index (χ2v) is 4.67. The number of nitrogens with one attached hydrogen (secondary N) is 1. The van der Waals surface area contributed by atoms with E-state index >= 15 is 0 Å². The quantitative estimate of drug-likeness (QED) is 0.609. The van der Waals surface area contributed by atoms with Crippen molar-refractivity contribution in [2.45, 2.75) is 13.0 Å². The molecule has 0 heterocycles. The maximum Gasteiger partial charge on any atom is 0.338 e. The van der Waals surface area contributed by atoms with E-state index < -0.39 is 10.9 Å².